The van der Waals surface area contributed by atoms with Gasteiger partial charge in [0.05, 0.1) is 19.3 Å². The van der Waals surface area contributed by atoms with Crippen LogP contribution in [-0.4, -0.2) is 28.9 Å². The van der Waals surface area contributed by atoms with Crippen LogP contribution in [0.25, 0.3) is 11.5 Å². The van der Waals surface area contributed by atoms with Gasteiger partial charge in [-0.3, -0.25) is 9.69 Å². The quantitative estimate of drug-likeness (QED) is 0.648. The summed E-state index contributed by atoms with van der Waals surface area (Å²) < 4.78 is 10.7. The molecule has 7 nitrogen and oxygen atoms in total. The minimum atomic E-state index is -1.05. The van der Waals surface area contributed by atoms with Crippen LogP contribution in [0.4, 0.5) is 4.79 Å². The first kappa shape index (κ1) is 18.7. The van der Waals surface area contributed by atoms with Gasteiger partial charge in [-0.15, -0.1) is 0 Å². The molecule has 1 atom stereocenters. The molecule has 0 radical (unpaired) electrons. The molecule has 2 aromatic carbocycles. The van der Waals surface area contributed by atoms with Gasteiger partial charge in [-0.1, -0.05) is 37.3 Å². The highest BCUT2D eigenvalue weighted by atomic mass is 16.5. The largest absolute Gasteiger partial charge is 0.497 e. The molecule has 0 spiro atoms. The highest BCUT2D eigenvalue weighted by molar-refractivity contribution is 6.07. The number of aromatic nitrogens is 1. The van der Waals surface area contributed by atoms with E-state index < -0.39 is 11.6 Å². The van der Waals surface area contributed by atoms with Crippen LogP contribution >= 0.6 is 0 Å². The van der Waals surface area contributed by atoms with Gasteiger partial charge >= 0.3 is 6.03 Å². The topological polar surface area (TPSA) is 84.7 Å². The average molecular weight is 391 g/mol. The summed E-state index contributed by atoms with van der Waals surface area (Å²) in [5, 5.41) is 2.87. The van der Waals surface area contributed by atoms with Gasteiger partial charge in [0.15, 0.2) is 0 Å². The summed E-state index contributed by atoms with van der Waals surface area (Å²) in [5.74, 6) is 0.862. The second-order valence-corrected chi connectivity index (χ2v) is 6.82. The van der Waals surface area contributed by atoms with Crippen molar-refractivity contribution in [3.63, 3.8) is 0 Å². The molecule has 3 amide bonds. The molecule has 29 heavy (non-hydrogen) atoms. The number of imide groups is 1. The van der Waals surface area contributed by atoms with E-state index in [0.29, 0.717) is 18.0 Å². The number of hydrogen-bond acceptors (Lipinski definition) is 5. The molecule has 2 heterocycles. The van der Waals surface area contributed by atoms with Gasteiger partial charge in [-0.05, 0) is 36.2 Å². The number of amides is 3. The Labute approximate surface area is 168 Å². The monoisotopic (exact) mass is 391 g/mol. The third-order valence-electron chi connectivity index (χ3n) is 5.18. The molecule has 0 aliphatic carbocycles. The van der Waals surface area contributed by atoms with Gasteiger partial charge in [-0.25, -0.2) is 9.78 Å². The third-order valence-corrected chi connectivity index (χ3v) is 5.18. The zero-order chi connectivity index (χ0) is 20.4. The van der Waals surface area contributed by atoms with E-state index in [2.05, 4.69) is 10.3 Å². The number of carbonyl (C=O) groups excluding carboxylic acids is 2. The van der Waals surface area contributed by atoms with Gasteiger partial charge in [0.2, 0.25) is 5.89 Å². The molecule has 1 aliphatic heterocycles. The number of carbonyl (C=O) groups is 2. The van der Waals surface area contributed by atoms with Crippen LogP contribution in [-0.2, 0) is 16.9 Å². The normalized spacial score (nSPS) is 18.8. The fourth-order valence-electron chi connectivity index (χ4n) is 3.54. The third kappa shape index (κ3) is 3.24. The van der Waals surface area contributed by atoms with E-state index in [-0.39, 0.29) is 12.5 Å². The highest BCUT2D eigenvalue weighted by Crippen LogP contribution is 2.33. The number of benzene rings is 2. The van der Waals surface area contributed by atoms with E-state index in [9.17, 15) is 9.59 Å². The lowest BCUT2D eigenvalue weighted by Gasteiger charge is -2.25. The molecule has 1 unspecified atom stereocenters. The maximum atomic E-state index is 13.2. The molecule has 1 N–H and O–H groups in total. The van der Waals surface area contributed by atoms with E-state index in [1.165, 1.54) is 11.2 Å². The van der Waals surface area contributed by atoms with E-state index in [4.69, 9.17) is 9.15 Å². The predicted octanol–water partition coefficient (Wildman–Crippen LogP) is 3.71. The second kappa shape index (κ2) is 7.43. The molecule has 148 valence electrons. The first-order valence-electron chi connectivity index (χ1n) is 9.36. The number of hydrogen-bond donors (Lipinski definition) is 1. The molecule has 0 bridgehead atoms. The number of oxazole rings is 1. The Morgan fingerprint density at radius 3 is 2.48 bits per heavy atom. The maximum absolute atomic E-state index is 13.2. The van der Waals surface area contributed by atoms with Gasteiger partial charge in [0.25, 0.3) is 5.91 Å². The lowest BCUT2D eigenvalue weighted by Crippen LogP contribution is -2.43. The molecule has 1 saturated heterocycles. The summed E-state index contributed by atoms with van der Waals surface area (Å²) in [6.07, 6.45) is 1.92. The molecule has 4 rings (SSSR count). The Morgan fingerprint density at radius 1 is 1.10 bits per heavy atom. The van der Waals surface area contributed by atoms with Crippen molar-refractivity contribution in [1.29, 1.82) is 0 Å². The zero-order valence-corrected chi connectivity index (χ0v) is 16.2. The van der Waals surface area contributed by atoms with Gasteiger partial charge < -0.3 is 14.5 Å². The number of methoxy groups -OCH3 is 1. The number of urea groups is 1. The Balaban J connectivity index is 1.56. The molecule has 1 fully saturated rings. The standard InChI is InChI=1S/C22H21N3O4/c1-3-22(16-7-5-4-6-8-16)20(26)25(21(27)24-22)13-17-14-29-19(23-17)15-9-11-18(28-2)12-10-15/h4-12,14H,3,13H2,1-2H3,(H,24,27). The summed E-state index contributed by atoms with van der Waals surface area (Å²) in [5.41, 5.74) is 0.990. The Morgan fingerprint density at radius 2 is 1.83 bits per heavy atom. The van der Waals surface area contributed by atoms with Crippen LogP contribution in [0.5, 0.6) is 5.75 Å². The lowest BCUT2D eigenvalue weighted by molar-refractivity contribution is -0.132. The second-order valence-electron chi connectivity index (χ2n) is 6.82. The Kier molecular flexibility index (Phi) is 4.80. The van der Waals surface area contributed by atoms with Gasteiger partial charge in [0.1, 0.15) is 17.6 Å². The van der Waals surface area contributed by atoms with E-state index in [1.807, 2.05) is 61.5 Å². The fraction of sp³-hybridized carbons (Fsp3) is 0.227. The minimum Gasteiger partial charge on any atom is -0.497 e. The van der Waals surface area contributed by atoms with Crippen LogP contribution in [0.2, 0.25) is 0 Å². The number of nitrogens with one attached hydrogen (secondary N) is 1. The number of nitrogens with zero attached hydrogens (tertiary/aromatic N) is 2. The number of ether oxygens (including phenoxy) is 1. The molecule has 3 aromatic rings. The van der Waals surface area contributed by atoms with Gasteiger partial charge in [0, 0.05) is 5.56 Å². The molecule has 1 aromatic heterocycles. The van der Waals surface area contributed by atoms with E-state index in [0.717, 1.165) is 16.9 Å². The average Bonchev–Trinajstić information content (AvgIpc) is 3.33. The SMILES string of the molecule is CCC1(c2ccccc2)NC(=O)N(Cc2coc(-c3ccc(OC)cc3)n2)C1=O. The van der Waals surface area contributed by atoms with Crippen LogP contribution < -0.4 is 10.1 Å². The number of rotatable bonds is 6. The van der Waals surface area contributed by atoms with E-state index in [1.54, 1.807) is 7.11 Å². The summed E-state index contributed by atoms with van der Waals surface area (Å²) >= 11 is 0. The first-order valence-corrected chi connectivity index (χ1v) is 9.36. The van der Waals surface area contributed by atoms with Gasteiger partial charge in [-0.2, -0.15) is 0 Å². The van der Waals surface area contributed by atoms with Crippen LogP contribution in [0.15, 0.2) is 65.3 Å². The first-order chi connectivity index (χ1) is 14.1. The van der Waals surface area contributed by atoms with Crippen molar-refractivity contribution in [2.75, 3.05) is 7.11 Å². The summed E-state index contributed by atoms with van der Waals surface area (Å²) in [6.45, 7) is 1.92. The smallest absolute Gasteiger partial charge is 0.325 e. The summed E-state index contributed by atoms with van der Waals surface area (Å²) in [7, 11) is 1.60. The van der Waals surface area contributed by atoms with Crippen LogP contribution in [0, 0.1) is 0 Å². The lowest BCUT2D eigenvalue weighted by atomic mass is 9.87. The van der Waals surface area contributed by atoms with Crippen molar-refractivity contribution in [1.82, 2.24) is 15.2 Å². The van der Waals surface area contributed by atoms with Crippen molar-refractivity contribution in [3.05, 3.63) is 72.1 Å². The zero-order valence-electron chi connectivity index (χ0n) is 16.2. The van der Waals surface area contributed by atoms with E-state index >= 15 is 0 Å². The minimum absolute atomic E-state index is 0.0406. The summed E-state index contributed by atoms with van der Waals surface area (Å²) in [4.78, 5) is 31.4. The highest BCUT2D eigenvalue weighted by Gasteiger charge is 2.51. The molecular formula is C22H21N3O4. The predicted molar refractivity (Wildman–Crippen MR) is 106 cm³/mol. The fourth-order valence-corrected chi connectivity index (χ4v) is 3.54. The Hall–Kier alpha value is -3.61. The molecule has 7 heteroatoms. The maximum Gasteiger partial charge on any atom is 0.325 e. The van der Waals surface area contributed by atoms with Crippen LogP contribution in [0.1, 0.15) is 24.6 Å². The van der Waals surface area contributed by atoms with Crippen molar-refractivity contribution >= 4 is 11.9 Å². The summed E-state index contributed by atoms with van der Waals surface area (Å²) in [6, 6.07) is 16.1. The van der Waals surface area contributed by atoms with Crippen molar-refractivity contribution in [3.8, 4) is 17.2 Å². The Bertz CT molecular complexity index is 1030. The van der Waals surface area contributed by atoms with Crippen molar-refractivity contribution in [2.45, 2.75) is 25.4 Å². The molecular weight excluding hydrogens is 370 g/mol. The van der Waals surface area contributed by atoms with Crippen molar-refractivity contribution in [2.24, 2.45) is 0 Å². The molecule has 0 saturated carbocycles. The molecule has 1 aliphatic rings. The van der Waals surface area contributed by atoms with Crippen molar-refractivity contribution < 1.29 is 18.7 Å². The van der Waals surface area contributed by atoms with Crippen LogP contribution in [0.3, 0.4) is 0 Å².